The first kappa shape index (κ1) is 19.1. The smallest absolute Gasteiger partial charge is 0.240 e. The number of halogens is 1. The van der Waals surface area contributed by atoms with E-state index in [-0.39, 0.29) is 4.90 Å². The molecule has 0 fully saturated rings. The third-order valence-corrected chi connectivity index (χ3v) is 5.88. The number of sulfonamides is 1. The number of rotatable bonds is 9. The summed E-state index contributed by atoms with van der Waals surface area (Å²) in [5.41, 5.74) is 1.13. The lowest BCUT2D eigenvalue weighted by molar-refractivity contribution is 0.340. The second-order valence-corrected chi connectivity index (χ2v) is 8.29. The highest BCUT2D eigenvalue weighted by atomic mass is 35.5. The first-order valence-corrected chi connectivity index (χ1v) is 10.6. The van der Waals surface area contributed by atoms with Crippen LogP contribution in [0.15, 0.2) is 53.4 Å². The van der Waals surface area contributed by atoms with Crippen LogP contribution >= 0.6 is 23.4 Å². The molecule has 0 aromatic heterocycles. The normalized spacial score (nSPS) is 11.4. The molecule has 2 rings (SSSR count). The van der Waals surface area contributed by atoms with Crippen LogP contribution in [0.25, 0.3) is 0 Å². The Labute approximate surface area is 152 Å². The van der Waals surface area contributed by atoms with Gasteiger partial charge in [-0.25, -0.2) is 13.1 Å². The summed E-state index contributed by atoms with van der Waals surface area (Å²) < 4.78 is 32.3. The van der Waals surface area contributed by atoms with Gasteiger partial charge in [0.2, 0.25) is 10.0 Å². The lowest BCUT2D eigenvalue weighted by Gasteiger charge is -2.08. The van der Waals surface area contributed by atoms with Crippen molar-refractivity contribution in [3.8, 4) is 5.75 Å². The summed E-state index contributed by atoms with van der Waals surface area (Å²) in [6.07, 6.45) is 0. The number of ether oxygens (including phenoxy) is 1. The van der Waals surface area contributed by atoms with Gasteiger partial charge >= 0.3 is 0 Å². The number of nitrogens with one attached hydrogen (secondary N) is 1. The lowest BCUT2D eigenvalue weighted by atomic mass is 10.2. The van der Waals surface area contributed by atoms with Gasteiger partial charge in [-0.05, 0) is 48.9 Å². The molecule has 24 heavy (non-hydrogen) atoms. The van der Waals surface area contributed by atoms with E-state index in [1.165, 1.54) is 0 Å². The zero-order chi connectivity index (χ0) is 17.4. The predicted octanol–water partition coefficient (Wildman–Crippen LogP) is 3.95. The molecule has 1 N–H and O–H groups in total. The molecule has 0 unspecified atom stereocenters. The average Bonchev–Trinajstić information content (AvgIpc) is 2.55. The molecule has 4 nitrogen and oxygen atoms in total. The highest BCUT2D eigenvalue weighted by molar-refractivity contribution is 7.98. The zero-order valence-electron chi connectivity index (χ0n) is 13.4. The fourth-order valence-corrected chi connectivity index (χ4v) is 4.21. The Hall–Kier alpha value is -1.21. The van der Waals surface area contributed by atoms with Gasteiger partial charge in [0.25, 0.3) is 0 Å². The Morgan fingerprint density at radius 2 is 1.92 bits per heavy atom. The first-order chi connectivity index (χ1) is 11.5. The van der Waals surface area contributed by atoms with Crippen LogP contribution in [-0.4, -0.2) is 27.3 Å². The van der Waals surface area contributed by atoms with Crippen molar-refractivity contribution in [3.63, 3.8) is 0 Å². The Morgan fingerprint density at radius 3 is 2.58 bits per heavy atom. The van der Waals surface area contributed by atoms with Crippen molar-refractivity contribution in [3.05, 3.63) is 59.1 Å². The zero-order valence-corrected chi connectivity index (χ0v) is 15.8. The third-order valence-electron chi connectivity index (χ3n) is 3.14. The van der Waals surface area contributed by atoms with Crippen LogP contribution in [0.5, 0.6) is 5.75 Å². The predicted molar refractivity (Wildman–Crippen MR) is 100 cm³/mol. The Balaban J connectivity index is 1.78. The Kier molecular flexibility index (Phi) is 7.42. The van der Waals surface area contributed by atoms with Gasteiger partial charge in [0.1, 0.15) is 5.75 Å². The van der Waals surface area contributed by atoms with E-state index in [2.05, 4.69) is 4.72 Å². The third kappa shape index (κ3) is 6.02. The summed E-state index contributed by atoms with van der Waals surface area (Å²) in [7, 11) is -3.48. The SMILES string of the molecule is CCOc1ccc(S(=O)(=O)NCCSCc2cccc(Cl)c2)cc1. The maximum Gasteiger partial charge on any atom is 0.240 e. The molecule has 0 atom stereocenters. The summed E-state index contributed by atoms with van der Waals surface area (Å²) in [6, 6.07) is 14.1. The monoisotopic (exact) mass is 385 g/mol. The van der Waals surface area contributed by atoms with Gasteiger partial charge in [0, 0.05) is 23.1 Å². The van der Waals surface area contributed by atoms with Crippen molar-refractivity contribution < 1.29 is 13.2 Å². The summed E-state index contributed by atoms with van der Waals surface area (Å²) >= 11 is 7.59. The van der Waals surface area contributed by atoms with Crippen LogP contribution in [0.3, 0.4) is 0 Å². The second kappa shape index (κ2) is 9.32. The summed E-state index contributed by atoms with van der Waals surface area (Å²) in [5, 5.41) is 0.712. The number of thioether (sulfide) groups is 1. The van der Waals surface area contributed by atoms with Crippen LogP contribution in [0.2, 0.25) is 5.02 Å². The number of benzene rings is 2. The van der Waals surface area contributed by atoms with E-state index in [0.717, 1.165) is 11.3 Å². The number of hydrogen-bond donors (Lipinski definition) is 1. The molecule has 0 spiro atoms. The minimum Gasteiger partial charge on any atom is -0.494 e. The maximum absolute atomic E-state index is 12.2. The van der Waals surface area contributed by atoms with E-state index in [4.69, 9.17) is 16.3 Å². The minimum absolute atomic E-state index is 0.241. The summed E-state index contributed by atoms with van der Waals surface area (Å²) in [6.45, 7) is 2.81. The topological polar surface area (TPSA) is 55.4 Å². The van der Waals surface area contributed by atoms with Crippen LogP contribution in [0.1, 0.15) is 12.5 Å². The summed E-state index contributed by atoms with van der Waals surface area (Å²) in [4.78, 5) is 0.241. The molecule has 0 aliphatic heterocycles. The molecular weight excluding hydrogens is 366 g/mol. The van der Waals surface area contributed by atoms with Crippen LogP contribution in [-0.2, 0) is 15.8 Å². The maximum atomic E-state index is 12.2. The highest BCUT2D eigenvalue weighted by Gasteiger charge is 2.13. The molecule has 0 saturated carbocycles. The fraction of sp³-hybridized carbons (Fsp3) is 0.294. The van der Waals surface area contributed by atoms with Gasteiger partial charge in [-0.2, -0.15) is 11.8 Å². The van der Waals surface area contributed by atoms with E-state index >= 15 is 0 Å². The van der Waals surface area contributed by atoms with Gasteiger partial charge in [-0.1, -0.05) is 23.7 Å². The van der Waals surface area contributed by atoms with E-state index in [0.29, 0.717) is 29.7 Å². The van der Waals surface area contributed by atoms with Crippen molar-refractivity contribution in [2.45, 2.75) is 17.6 Å². The molecule has 2 aromatic carbocycles. The molecule has 0 bridgehead atoms. The average molecular weight is 386 g/mol. The second-order valence-electron chi connectivity index (χ2n) is 4.98. The standard InChI is InChI=1S/C17H20ClNO3S2/c1-2-22-16-6-8-17(9-7-16)24(20,21)19-10-11-23-13-14-4-3-5-15(18)12-14/h3-9,12,19H,2,10-11,13H2,1H3. The van der Waals surface area contributed by atoms with Gasteiger partial charge in [0.05, 0.1) is 11.5 Å². The molecule has 130 valence electrons. The van der Waals surface area contributed by atoms with Crippen molar-refractivity contribution in [1.29, 1.82) is 0 Å². The molecule has 0 amide bonds. The fourth-order valence-electron chi connectivity index (χ4n) is 2.03. The number of hydrogen-bond acceptors (Lipinski definition) is 4. The van der Waals surface area contributed by atoms with E-state index in [1.54, 1.807) is 36.0 Å². The largest absolute Gasteiger partial charge is 0.494 e. The van der Waals surface area contributed by atoms with Gasteiger partial charge in [0.15, 0.2) is 0 Å². The van der Waals surface area contributed by atoms with E-state index in [9.17, 15) is 8.42 Å². The molecule has 7 heteroatoms. The molecule has 0 heterocycles. The van der Waals surface area contributed by atoms with Crippen molar-refractivity contribution >= 4 is 33.4 Å². The van der Waals surface area contributed by atoms with E-state index < -0.39 is 10.0 Å². The minimum atomic E-state index is -3.48. The molecule has 0 radical (unpaired) electrons. The molecule has 0 aliphatic carbocycles. The van der Waals surface area contributed by atoms with Gasteiger partial charge in [-0.15, -0.1) is 0 Å². The van der Waals surface area contributed by atoms with Crippen molar-refractivity contribution in [2.75, 3.05) is 18.9 Å². The lowest BCUT2D eigenvalue weighted by Crippen LogP contribution is -2.26. The van der Waals surface area contributed by atoms with Crippen LogP contribution in [0, 0.1) is 0 Å². The van der Waals surface area contributed by atoms with Crippen molar-refractivity contribution in [2.24, 2.45) is 0 Å². The summed E-state index contributed by atoms with van der Waals surface area (Å²) in [5.74, 6) is 2.14. The Bertz CT molecular complexity index is 749. The van der Waals surface area contributed by atoms with Gasteiger partial charge in [-0.3, -0.25) is 0 Å². The van der Waals surface area contributed by atoms with Crippen LogP contribution < -0.4 is 9.46 Å². The van der Waals surface area contributed by atoms with Crippen molar-refractivity contribution in [1.82, 2.24) is 4.72 Å². The molecule has 2 aromatic rings. The van der Waals surface area contributed by atoms with Gasteiger partial charge < -0.3 is 4.74 Å². The molecule has 0 saturated heterocycles. The quantitative estimate of drug-likeness (QED) is 0.664. The van der Waals surface area contributed by atoms with Crippen LogP contribution in [0.4, 0.5) is 0 Å². The molecule has 0 aliphatic rings. The Morgan fingerprint density at radius 1 is 1.17 bits per heavy atom. The van der Waals surface area contributed by atoms with E-state index in [1.807, 2.05) is 31.2 Å². The molecular formula is C17H20ClNO3S2. The highest BCUT2D eigenvalue weighted by Crippen LogP contribution is 2.17. The first-order valence-electron chi connectivity index (χ1n) is 7.56.